The van der Waals surface area contributed by atoms with Crippen molar-refractivity contribution in [1.82, 2.24) is 5.32 Å². The Morgan fingerprint density at radius 1 is 1.13 bits per heavy atom. The van der Waals surface area contributed by atoms with Gasteiger partial charge in [-0.05, 0) is 55.2 Å². The third-order valence-electron chi connectivity index (χ3n) is 5.13. The number of nitrogens with zero attached hydrogens (tertiary/aromatic N) is 1. The summed E-state index contributed by atoms with van der Waals surface area (Å²) in [7, 11) is 0. The third kappa shape index (κ3) is 4.67. The largest absolute Gasteiger partial charge is 0.454 e. The molecule has 1 aliphatic rings. The molecule has 3 rings (SSSR count). The van der Waals surface area contributed by atoms with Crippen molar-refractivity contribution in [1.29, 1.82) is 0 Å². The van der Waals surface area contributed by atoms with Crippen LogP contribution in [-0.2, 0) is 20.7 Å². The first-order valence-corrected chi connectivity index (χ1v) is 9.91. The SMILES string of the molecule is CC(C)[C@H](NC(=O)c1ccc(F)cc1)C(=O)OCC(=O)N1c2ccccc2C[C@@H]1C. The number of hydrogen-bond donors (Lipinski definition) is 1. The number of fused-ring (bicyclic) bond motifs is 1. The zero-order valence-corrected chi connectivity index (χ0v) is 17.2. The van der Waals surface area contributed by atoms with Crippen molar-refractivity contribution in [3.8, 4) is 0 Å². The Morgan fingerprint density at radius 3 is 2.47 bits per heavy atom. The quantitative estimate of drug-likeness (QED) is 0.740. The summed E-state index contributed by atoms with van der Waals surface area (Å²) in [5.74, 6) is -2.23. The third-order valence-corrected chi connectivity index (χ3v) is 5.13. The second-order valence-corrected chi connectivity index (χ2v) is 7.76. The highest BCUT2D eigenvalue weighted by Crippen LogP contribution is 2.31. The van der Waals surface area contributed by atoms with Crippen molar-refractivity contribution < 1.29 is 23.5 Å². The van der Waals surface area contributed by atoms with Crippen LogP contribution < -0.4 is 10.2 Å². The standard InChI is InChI=1S/C23H25FN2O4/c1-14(2)21(25-22(28)16-8-10-18(24)11-9-16)23(29)30-13-20(27)26-15(3)12-17-6-4-5-7-19(17)26/h4-11,14-15,21H,12-13H2,1-3H3,(H,25,28)/t15-,21-/m0/s1. The number of anilines is 1. The Labute approximate surface area is 175 Å². The van der Waals surface area contributed by atoms with Crippen LogP contribution in [0.3, 0.4) is 0 Å². The monoisotopic (exact) mass is 412 g/mol. The van der Waals surface area contributed by atoms with E-state index in [2.05, 4.69) is 5.32 Å². The molecule has 1 heterocycles. The number of halogens is 1. The number of carbonyl (C=O) groups excluding carboxylic acids is 3. The van der Waals surface area contributed by atoms with Gasteiger partial charge in [-0.3, -0.25) is 9.59 Å². The number of benzene rings is 2. The lowest BCUT2D eigenvalue weighted by Crippen LogP contribution is -2.46. The van der Waals surface area contributed by atoms with Gasteiger partial charge in [-0.2, -0.15) is 0 Å². The minimum atomic E-state index is -0.932. The van der Waals surface area contributed by atoms with Gasteiger partial charge in [-0.15, -0.1) is 0 Å². The number of carbonyl (C=O) groups is 3. The lowest BCUT2D eigenvalue weighted by Gasteiger charge is -2.24. The number of para-hydroxylation sites is 1. The van der Waals surface area contributed by atoms with Crippen LogP contribution in [0.1, 0.15) is 36.7 Å². The van der Waals surface area contributed by atoms with E-state index in [0.717, 1.165) is 17.7 Å². The molecule has 0 saturated carbocycles. The zero-order chi connectivity index (χ0) is 21.8. The molecular formula is C23H25FN2O4. The Balaban J connectivity index is 1.62. The summed E-state index contributed by atoms with van der Waals surface area (Å²) in [6, 6.07) is 11.7. The first-order chi connectivity index (χ1) is 14.3. The van der Waals surface area contributed by atoms with E-state index in [4.69, 9.17) is 4.74 Å². The summed E-state index contributed by atoms with van der Waals surface area (Å²) in [6.45, 7) is 5.06. The fourth-order valence-corrected chi connectivity index (χ4v) is 3.56. The molecule has 2 amide bonds. The average molecular weight is 412 g/mol. The molecule has 30 heavy (non-hydrogen) atoms. The number of nitrogens with one attached hydrogen (secondary N) is 1. The average Bonchev–Trinajstić information content (AvgIpc) is 3.05. The van der Waals surface area contributed by atoms with Crippen LogP contribution in [-0.4, -0.2) is 36.5 Å². The van der Waals surface area contributed by atoms with Gasteiger partial charge in [-0.1, -0.05) is 32.0 Å². The number of ether oxygens (including phenoxy) is 1. The van der Waals surface area contributed by atoms with Crippen LogP contribution in [0.25, 0.3) is 0 Å². The van der Waals surface area contributed by atoms with Gasteiger partial charge in [0.05, 0.1) is 0 Å². The number of rotatable bonds is 6. The van der Waals surface area contributed by atoms with Crippen molar-refractivity contribution in [2.45, 2.75) is 39.3 Å². The summed E-state index contributed by atoms with van der Waals surface area (Å²) < 4.78 is 18.3. The van der Waals surface area contributed by atoms with E-state index in [-0.39, 0.29) is 23.4 Å². The highest BCUT2D eigenvalue weighted by Gasteiger charge is 2.32. The van der Waals surface area contributed by atoms with Crippen LogP contribution >= 0.6 is 0 Å². The molecule has 0 aliphatic carbocycles. The second kappa shape index (κ2) is 9.07. The maximum absolute atomic E-state index is 13.1. The van der Waals surface area contributed by atoms with Crippen molar-refractivity contribution >= 4 is 23.5 Å². The topological polar surface area (TPSA) is 75.7 Å². The molecule has 0 aromatic heterocycles. The summed E-state index contributed by atoms with van der Waals surface area (Å²) in [6.07, 6.45) is 0.748. The van der Waals surface area contributed by atoms with Gasteiger partial charge in [0.2, 0.25) is 0 Å². The van der Waals surface area contributed by atoms with E-state index >= 15 is 0 Å². The molecule has 0 unspecified atom stereocenters. The van der Waals surface area contributed by atoms with Crippen molar-refractivity contribution in [3.63, 3.8) is 0 Å². The maximum atomic E-state index is 13.1. The van der Waals surface area contributed by atoms with Crippen molar-refractivity contribution in [3.05, 3.63) is 65.5 Å². The lowest BCUT2D eigenvalue weighted by molar-refractivity contribution is -0.150. The van der Waals surface area contributed by atoms with Gasteiger partial charge < -0.3 is 15.0 Å². The van der Waals surface area contributed by atoms with E-state index in [1.165, 1.54) is 24.3 Å². The highest BCUT2D eigenvalue weighted by atomic mass is 19.1. The number of esters is 1. The fourth-order valence-electron chi connectivity index (χ4n) is 3.56. The van der Waals surface area contributed by atoms with Crippen LogP contribution in [0.5, 0.6) is 0 Å². The molecule has 0 radical (unpaired) electrons. The molecule has 0 saturated heterocycles. The summed E-state index contributed by atoms with van der Waals surface area (Å²) in [4.78, 5) is 39.3. The van der Waals surface area contributed by atoms with Gasteiger partial charge in [0.1, 0.15) is 11.9 Å². The Morgan fingerprint density at radius 2 is 1.80 bits per heavy atom. The van der Waals surface area contributed by atoms with Crippen molar-refractivity contribution in [2.75, 3.05) is 11.5 Å². The molecule has 2 aromatic carbocycles. The molecule has 1 aliphatic heterocycles. The van der Waals surface area contributed by atoms with Crippen LogP contribution in [0, 0.1) is 11.7 Å². The molecular weight excluding hydrogens is 387 g/mol. The summed E-state index contributed by atoms with van der Waals surface area (Å²) in [5, 5.41) is 2.61. The molecule has 7 heteroatoms. The number of hydrogen-bond acceptors (Lipinski definition) is 4. The highest BCUT2D eigenvalue weighted by molar-refractivity contribution is 5.99. The minimum absolute atomic E-state index is 0.0207. The number of amides is 2. The molecule has 2 atom stereocenters. The molecule has 158 valence electrons. The van der Waals surface area contributed by atoms with Gasteiger partial charge in [-0.25, -0.2) is 9.18 Å². The lowest BCUT2D eigenvalue weighted by atomic mass is 10.0. The van der Waals surface area contributed by atoms with Gasteiger partial charge in [0, 0.05) is 17.3 Å². The predicted molar refractivity (Wildman–Crippen MR) is 111 cm³/mol. The van der Waals surface area contributed by atoms with Crippen molar-refractivity contribution in [2.24, 2.45) is 5.92 Å². The molecule has 0 fully saturated rings. The molecule has 2 aromatic rings. The van der Waals surface area contributed by atoms with E-state index in [9.17, 15) is 18.8 Å². The van der Waals surface area contributed by atoms with E-state index in [1.807, 2.05) is 31.2 Å². The zero-order valence-electron chi connectivity index (χ0n) is 17.2. The minimum Gasteiger partial charge on any atom is -0.454 e. The van der Waals surface area contributed by atoms with E-state index in [0.29, 0.717) is 0 Å². The van der Waals surface area contributed by atoms with Crippen LogP contribution in [0.2, 0.25) is 0 Å². The second-order valence-electron chi connectivity index (χ2n) is 7.76. The van der Waals surface area contributed by atoms with E-state index < -0.39 is 30.3 Å². The summed E-state index contributed by atoms with van der Waals surface area (Å²) in [5.41, 5.74) is 2.14. The smallest absolute Gasteiger partial charge is 0.329 e. The van der Waals surface area contributed by atoms with Gasteiger partial charge in [0.25, 0.3) is 11.8 Å². The van der Waals surface area contributed by atoms with E-state index in [1.54, 1.807) is 18.7 Å². The fraction of sp³-hybridized carbons (Fsp3) is 0.348. The molecule has 6 nitrogen and oxygen atoms in total. The Bertz CT molecular complexity index is 942. The molecule has 0 bridgehead atoms. The van der Waals surface area contributed by atoms with Gasteiger partial charge >= 0.3 is 5.97 Å². The maximum Gasteiger partial charge on any atom is 0.329 e. The molecule has 0 spiro atoms. The Kier molecular flexibility index (Phi) is 6.50. The van der Waals surface area contributed by atoms with Crippen LogP contribution in [0.4, 0.5) is 10.1 Å². The normalized spacial score (nSPS) is 16.2. The molecule has 1 N–H and O–H groups in total. The first-order valence-electron chi connectivity index (χ1n) is 9.91. The first kappa shape index (κ1) is 21.5. The Hall–Kier alpha value is -3.22. The van der Waals surface area contributed by atoms with Crippen LogP contribution in [0.15, 0.2) is 48.5 Å². The predicted octanol–water partition coefficient (Wildman–Crippen LogP) is 3.10. The summed E-state index contributed by atoms with van der Waals surface area (Å²) >= 11 is 0. The van der Waals surface area contributed by atoms with Gasteiger partial charge in [0.15, 0.2) is 6.61 Å².